The highest BCUT2D eigenvalue weighted by molar-refractivity contribution is 9.71. The van der Waals surface area contributed by atoms with E-state index in [2.05, 4.69) is 77.1 Å². The molecule has 0 radical (unpaired) electrons. The Balaban J connectivity index is 2.83. The largest absolute Gasteiger partial charge is 0.271 e. The molecular formula is C8H9Br3Si. The zero-order chi connectivity index (χ0) is 9.19. The SMILES string of the molecule is Cc1ccccc1C[Si](Br)(Br)Br. The molecule has 4 heteroatoms. The Morgan fingerprint density at radius 1 is 1.17 bits per heavy atom. The summed E-state index contributed by atoms with van der Waals surface area (Å²) in [7, 11) is 0. The Hall–Kier alpha value is 0.877. The Labute approximate surface area is 97.5 Å². The molecule has 66 valence electrons. The van der Waals surface area contributed by atoms with Gasteiger partial charge in [-0.2, -0.15) is 0 Å². The molecule has 1 rings (SSSR count). The molecule has 0 aromatic heterocycles. The lowest BCUT2D eigenvalue weighted by molar-refractivity contribution is 1.29. The molecule has 1 aromatic rings. The highest BCUT2D eigenvalue weighted by Gasteiger charge is 2.22. The van der Waals surface area contributed by atoms with Gasteiger partial charge in [-0.1, -0.05) is 70.1 Å². The Bertz CT molecular complexity index is 267. The van der Waals surface area contributed by atoms with Gasteiger partial charge < -0.3 is 0 Å². The summed E-state index contributed by atoms with van der Waals surface area (Å²) in [6.45, 7) is 2.14. The van der Waals surface area contributed by atoms with E-state index in [9.17, 15) is 0 Å². The number of rotatable bonds is 2. The molecule has 0 bridgehead atoms. The molecule has 0 nitrogen and oxygen atoms in total. The van der Waals surface area contributed by atoms with Gasteiger partial charge in [-0.25, -0.2) is 0 Å². The fourth-order valence-corrected chi connectivity index (χ4v) is 4.57. The van der Waals surface area contributed by atoms with Crippen LogP contribution in [0.1, 0.15) is 11.1 Å². The summed E-state index contributed by atoms with van der Waals surface area (Å²) >= 11 is 10.9. The molecule has 0 saturated carbocycles. The van der Waals surface area contributed by atoms with E-state index in [0.717, 1.165) is 6.04 Å². The van der Waals surface area contributed by atoms with Crippen molar-refractivity contribution in [2.45, 2.75) is 13.0 Å². The number of halogens is 3. The highest BCUT2D eigenvalue weighted by atomic mass is 80.0. The zero-order valence-corrected chi connectivity index (χ0v) is 12.4. The van der Waals surface area contributed by atoms with Crippen LogP contribution in [0, 0.1) is 6.92 Å². The molecule has 0 N–H and O–H groups in total. The first-order valence-electron chi connectivity index (χ1n) is 3.60. The number of benzene rings is 1. The fourth-order valence-electron chi connectivity index (χ4n) is 1.02. The second-order valence-electron chi connectivity index (χ2n) is 2.72. The van der Waals surface area contributed by atoms with E-state index >= 15 is 0 Å². The maximum Gasteiger partial charge on any atom is 0.271 e. The van der Waals surface area contributed by atoms with Crippen LogP contribution in [-0.2, 0) is 6.04 Å². The first kappa shape index (κ1) is 11.0. The first-order valence-corrected chi connectivity index (χ1v) is 12.6. The molecule has 0 unspecified atom stereocenters. The van der Waals surface area contributed by atoms with Gasteiger partial charge in [0.1, 0.15) is 0 Å². The number of hydrogen-bond donors (Lipinski definition) is 0. The van der Waals surface area contributed by atoms with Crippen molar-refractivity contribution in [3.63, 3.8) is 0 Å². The molecule has 1 aromatic carbocycles. The summed E-state index contributed by atoms with van der Waals surface area (Å²) < 4.78 is -1.49. The molecule has 0 saturated heterocycles. The molecule has 0 heterocycles. The van der Waals surface area contributed by atoms with Crippen LogP contribution in [0.25, 0.3) is 0 Å². The quantitative estimate of drug-likeness (QED) is 0.539. The maximum atomic E-state index is 3.62. The third kappa shape index (κ3) is 3.73. The van der Waals surface area contributed by atoms with E-state index in [1.54, 1.807) is 0 Å². The van der Waals surface area contributed by atoms with Crippen molar-refractivity contribution in [3.8, 4) is 0 Å². The molecule has 0 spiro atoms. The minimum absolute atomic E-state index is 1.06. The van der Waals surface area contributed by atoms with Crippen molar-refractivity contribution in [2.75, 3.05) is 0 Å². The van der Waals surface area contributed by atoms with Gasteiger partial charge in [-0.05, 0) is 24.1 Å². The lowest BCUT2D eigenvalue weighted by Crippen LogP contribution is -2.12. The zero-order valence-electron chi connectivity index (χ0n) is 6.65. The van der Waals surface area contributed by atoms with E-state index in [1.807, 2.05) is 0 Å². The van der Waals surface area contributed by atoms with Crippen molar-refractivity contribution in [3.05, 3.63) is 35.4 Å². The molecule has 0 atom stereocenters. The van der Waals surface area contributed by atoms with Crippen molar-refractivity contribution in [2.24, 2.45) is 0 Å². The molecular weight excluding hydrogens is 364 g/mol. The van der Waals surface area contributed by atoms with E-state index in [0.29, 0.717) is 0 Å². The average Bonchev–Trinajstić information content (AvgIpc) is 1.91. The lowest BCUT2D eigenvalue weighted by atomic mass is 10.1. The minimum Gasteiger partial charge on any atom is -0.0961 e. The van der Waals surface area contributed by atoms with Crippen LogP contribution in [0.5, 0.6) is 0 Å². The molecule has 0 fully saturated rings. The van der Waals surface area contributed by atoms with E-state index in [1.165, 1.54) is 11.1 Å². The summed E-state index contributed by atoms with van der Waals surface area (Å²) in [5.41, 5.74) is 2.75. The fraction of sp³-hybridized carbons (Fsp3) is 0.250. The van der Waals surface area contributed by atoms with Crippen molar-refractivity contribution in [1.29, 1.82) is 0 Å². The van der Waals surface area contributed by atoms with Crippen LogP contribution >= 0.6 is 45.9 Å². The summed E-state index contributed by atoms with van der Waals surface area (Å²) in [6.07, 6.45) is 0. The van der Waals surface area contributed by atoms with Crippen LogP contribution in [-0.4, -0.2) is 3.93 Å². The summed E-state index contributed by atoms with van der Waals surface area (Å²) in [6, 6.07) is 9.51. The third-order valence-corrected chi connectivity index (χ3v) is 4.96. The molecule has 12 heavy (non-hydrogen) atoms. The topological polar surface area (TPSA) is 0 Å². The maximum absolute atomic E-state index is 3.62. The Morgan fingerprint density at radius 2 is 1.75 bits per heavy atom. The van der Waals surface area contributed by atoms with Gasteiger partial charge in [-0.15, -0.1) is 0 Å². The van der Waals surface area contributed by atoms with Crippen molar-refractivity contribution < 1.29 is 0 Å². The Kier molecular flexibility index (Phi) is 4.01. The predicted octanol–water partition coefficient (Wildman–Crippen LogP) is 4.20. The monoisotopic (exact) mass is 370 g/mol. The molecule has 0 aliphatic heterocycles. The first-order chi connectivity index (χ1) is 5.49. The summed E-state index contributed by atoms with van der Waals surface area (Å²) in [4.78, 5) is 0. The highest BCUT2D eigenvalue weighted by Crippen LogP contribution is 2.31. The smallest absolute Gasteiger partial charge is 0.0961 e. The van der Waals surface area contributed by atoms with E-state index in [4.69, 9.17) is 0 Å². The van der Waals surface area contributed by atoms with Crippen LogP contribution in [0.2, 0.25) is 0 Å². The second kappa shape index (κ2) is 4.40. The van der Waals surface area contributed by atoms with Gasteiger partial charge in [0.05, 0.1) is 0 Å². The van der Waals surface area contributed by atoms with Crippen LogP contribution < -0.4 is 0 Å². The van der Waals surface area contributed by atoms with Crippen molar-refractivity contribution in [1.82, 2.24) is 0 Å². The standard InChI is InChI=1S/C8H9Br3Si/c1-7-4-2-3-5-8(7)6-12(9,10)11/h2-5H,6H2,1H3. The van der Waals surface area contributed by atoms with Gasteiger partial charge in [0.2, 0.25) is 0 Å². The summed E-state index contributed by atoms with van der Waals surface area (Å²) in [5.74, 6) is 0. The number of aryl methyl sites for hydroxylation is 1. The minimum atomic E-state index is -1.49. The Morgan fingerprint density at radius 3 is 2.25 bits per heavy atom. The lowest BCUT2D eigenvalue weighted by Gasteiger charge is -2.10. The van der Waals surface area contributed by atoms with Gasteiger partial charge in [-0.3, -0.25) is 0 Å². The van der Waals surface area contributed by atoms with Crippen LogP contribution in [0.15, 0.2) is 24.3 Å². The summed E-state index contributed by atoms with van der Waals surface area (Å²) in [5, 5.41) is 0. The molecule has 0 amide bonds. The van der Waals surface area contributed by atoms with Crippen LogP contribution in [0.3, 0.4) is 0 Å². The van der Waals surface area contributed by atoms with Gasteiger partial charge in [0, 0.05) is 0 Å². The van der Waals surface area contributed by atoms with Gasteiger partial charge >= 0.3 is 0 Å². The van der Waals surface area contributed by atoms with E-state index in [-0.39, 0.29) is 0 Å². The van der Waals surface area contributed by atoms with Crippen LogP contribution in [0.4, 0.5) is 0 Å². The third-order valence-electron chi connectivity index (χ3n) is 1.65. The van der Waals surface area contributed by atoms with Crippen molar-refractivity contribution >= 4 is 49.8 Å². The predicted molar refractivity (Wildman–Crippen MR) is 67.4 cm³/mol. The number of hydrogen-bond acceptors (Lipinski definition) is 0. The average molecular weight is 373 g/mol. The van der Waals surface area contributed by atoms with Gasteiger partial charge in [0.25, 0.3) is 3.93 Å². The second-order valence-corrected chi connectivity index (χ2v) is 26.1. The normalized spacial score (nSPS) is 11.7. The molecule has 0 aliphatic rings. The van der Waals surface area contributed by atoms with Gasteiger partial charge in [0.15, 0.2) is 0 Å². The molecule has 0 aliphatic carbocycles. The van der Waals surface area contributed by atoms with E-state index < -0.39 is 3.93 Å².